The van der Waals surface area contributed by atoms with Crippen LogP contribution in [0.15, 0.2) is 74.3 Å². The van der Waals surface area contributed by atoms with E-state index >= 15 is 0 Å². The highest BCUT2D eigenvalue weighted by atomic mass is 79.9. The van der Waals surface area contributed by atoms with Crippen molar-refractivity contribution in [3.63, 3.8) is 0 Å². The molecule has 0 aliphatic carbocycles. The van der Waals surface area contributed by atoms with Crippen LogP contribution in [0.25, 0.3) is 11.0 Å². The van der Waals surface area contributed by atoms with Crippen molar-refractivity contribution >= 4 is 32.8 Å². The zero-order valence-corrected chi connectivity index (χ0v) is 20.3. The number of aromatic hydroxyl groups is 1. The number of rotatable bonds is 5. The van der Waals surface area contributed by atoms with E-state index in [-0.39, 0.29) is 35.0 Å². The van der Waals surface area contributed by atoms with Crippen LogP contribution < -0.4 is 10.2 Å². The van der Waals surface area contributed by atoms with Crippen molar-refractivity contribution in [3.05, 3.63) is 103 Å². The van der Waals surface area contributed by atoms with Gasteiger partial charge in [-0.1, -0.05) is 51.8 Å². The number of phenolic OH excluding ortho intramolecular Hbond substituents is 1. The zero-order chi connectivity index (χ0) is 24.0. The molecule has 4 aromatic rings. The Hall–Kier alpha value is -3.58. The fraction of sp³-hybridized carbons (Fsp3) is 0.185. The van der Waals surface area contributed by atoms with Gasteiger partial charge in [0.15, 0.2) is 16.9 Å². The summed E-state index contributed by atoms with van der Waals surface area (Å²) >= 11 is 3.41. The van der Waals surface area contributed by atoms with Gasteiger partial charge < -0.3 is 19.2 Å². The molecule has 0 bridgehead atoms. The standard InChI is InChI=1S/C27H22BrNO5/c1-3-33-22-12-17(8-10-20(22)30)24-23-25(31)19-13-18(28)9-11-21(19)34-26(23)27(32)29(24)14-16-6-4-15(2)5-7-16/h4-13,24,30H,3,14H2,1-2H3. The molecule has 172 valence electrons. The number of hydrogen-bond acceptors (Lipinski definition) is 5. The average Bonchev–Trinajstić information content (AvgIpc) is 3.09. The first-order valence-corrected chi connectivity index (χ1v) is 11.7. The van der Waals surface area contributed by atoms with Crippen LogP contribution in [0.1, 0.15) is 45.8 Å². The largest absolute Gasteiger partial charge is 0.504 e. The molecule has 7 heteroatoms. The van der Waals surface area contributed by atoms with Crippen LogP contribution in [-0.4, -0.2) is 22.5 Å². The van der Waals surface area contributed by atoms with Crippen LogP contribution in [0.3, 0.4) is 0 Å². The molecule has 0 spiro atoms. The summed E-state index contributed by atoms with van der Waals surface area (Å²) in [5.41, 5.74) is 3.09. The molecule has 6 nitrogen and oxygen atoms in total. The number of halogens is 1. The molecule has 2 heterocycles. The summed E-state index contributed by atoms with van der Waals surface area (Å²) in [6, 6.07) is 17.3. The molecule has 1 aliphatic rings. The summed E-state index contributed by atoms with van der Waals surface area (Å²) in [4.78, 5) is 28.9. The summed E-state index contributed by atoms with van der Waals surface area (Å²) in [7, 11) is 0. The third-order valence-corrected chi connectivity index (χ3v) is 6.49. The van der Waals surface area contributed by atoms with Crippen molar-refractivity contribution in [2.75, 3.05) is 6.61 Å². The highest BCUT2D eigenvalue weighted by Crippen LogP contribution is 2.41. The predicted molar refractivity (Wildman–Crippen MR) is 132 cm³/mol. The summed E-state index contributed by atoms with van der Waals surface area (Å²) < 4.78 is 12.3. The minimum absolute atomic E-state index is 0.00490. The van der Waals surface area contributed by atoms with E-state index in [0.717, 1.165) is 15.6 Å². The Bertz CT molecular complexity index is 1480. The van der Waals surface area contributed by atoms with Crippen molar-refractivity contribution < 1.29 is 19.1 Å². The van der Waals surface area contributed by atoms with Gasteiger partial charge in [0.25, 0.3) is 5.91 Å². The van der Waals surface area contributed by atoms with E-state index in [1.807, 2.05) is 38.1 Å². The molecule has 1 amide bonds. The van der Waals surface area contributed by atoms with E-state index < -0.39 is 6.04 Å². The minimum atomic E-state index is -0.691. The summed E-state index contributed by atoms with van der Waals surface area (Å²) in [6.45, 7) is 4.48. The van der Waals surface area contributed by atoms with Gasteiger partial charge in [-0.25, -0.2) is 0 Å². The van der Waals surface area contributed by atoms with E-state index in [4.69, 9.17) is 9.15 Å². The quantitative estimate of drug-likeness (QED) is 0.365. The Labute approximate surface area is 204 Å². The second-order valence-corrected chi connectivity index (χ2v) is 9.21. The molecule has 1 unspecified atom stereocenters. The van der Waals surface area contributed by atoms with Gasteiger partial charge in [-0.2, -0.15) is 0 Å². The lowest BCUT2D eigenvalue weighted by atomic mass is 9.97. The van der Waals surface area contributed by atoms with E-state index in [9.17, 15) is 14.7 Å². The predicted octanol–water partition coefficient (Wildman–Crippen LogP) is 5.71. The van der Waals surface area contributed by atoms with Crippen molar-refractivity contribution in [2.24, 2.45) is 0 Å². The van der Waals surface area contributed by atoms with Crippen LogP contribution >= 0.6 is 15.9 Å². The molecule has 0 saturated carbocycles. The monoisotopic (exact) mass is 519 g/mol. The number of benzene rings is 3. The number of nitrogens with zero attached hydrogens (tertiary/aromatic N) is 1. The Kier molecular flexibility index (Phi) is 5.65. The van der Waals surface area contributed by atoms with Crippen LogP contribution in [0.4, 0.5) is 0 Å². The minimum Gasteiger partial charge on any atom is -0.504 e. The molecular weight excluding hydrogens is 498 g/mol. The molecule has 0 fully saturated rings. The smallest absolute Gasteiger partial charge is 0.291 e. The molecule has 3 aromatic carbocycles. The number of phenols is 1. The molecule has 34 heavy (non-hydrogen) atoms. The van der Waals surface area contributed by atoms with Gasteiger partial charge >= 0.3 is 0 Å². The highest BCUT2D eigenvalue weighted by Gasteiger charge is 2.43. The first-order chi connectivity index (χ1) is 16.4. The van der Waals surface area contributed by atoms with Crippen LogP contribution in [0, 0.1) is 6.92 Å². The van der Waals surface area contributed by atoms with Crippen molar-refractivity contribution in [3.8, 4) is 11.5 Å². The maximum absolute atomic E-state index is 13.7. The first-order valence-electron chi connectivity index (χ1n) is 11.0. The molecule has 5 rings (SSSR count). The Balaban J connectivity index is 1.72. The highest BCUT2D eigenvalue weighted by molar-refractivity contribution is 9.10. The summed E-state index contributed by atoms with van der Waals surface area (Å²) in [5, 5.41) is 10.6. The third kappa shape index (κ3) is 3.76. The lowest BCUT2D eigenvalue weighted by Crippen LogP contribution is -2.29. The number of carbonyl (C=O) groups is 1. The second kappa shape index (κ2) is 8.65. The number of amides is 1. The fourth-order valence-electron chi connectivity index (χ4n) is 4.36. The SMILES string of the molecule is CCOc1cc(C2c3c(oc4ccc(Br)cc4c3=O)C(=O)N2Cc2ccc(C)cc2)ccc1O. The number of fused-ring (bicyclic) bond motifs is 2. The normalized spacial score (nSPS) is 15.1. The van der Waals surface area contributed by atoms with Gasteiger partial charge in [-0.05, 0) is 55.3 Å². The van der Waals surface area contributed by atoms with E-state index in [1.54, 1.807) is 35.2 Å². The van der Waals surface area contributed by atoms with Crippen LogP contribution in [0.2, 0.25) is 0 Å². The molecular formula is C27H22BrNO5. The van der Waals surface area contributed by atoms with Crippen LogP contribution in [0.5, 0.6) is 11.5 Å². The van der Waals surface area contributed by atoms with Gasteiger partial charge in [-0.3, -0.25) is 9.59 Å². The molecule has 1 aliphatic heterocycles. The zero-order valence-electron chi connectivity index (χ0n) is 18.7. The number of hydrogen-bond donors (Lipinski definition) is 1. The molecule has 0 radical (unpaired) electrons. The topological polar surface area (TPSA) is 80.0 Å². The number of carbonyl (C=O) groups excluding carboxylic acids is 1. The average molecular weight is 520 g/mol. The molecule has 1 N–H and O–H groups in total. The van der Waals surface area contributed by atoms with E-state index in [0.29, 0.717) is 28.9 Å². The lowest BCUT2D eigenvalue weighted by molar-refractivity contribution is 0.0714. The van der Waals surface area contributed by atoms with Gasteiger partial charge in [0.05, 0.1) is 23.6 Å². The summed E-state index contributed by atoms with van der Waals surface area (Å²) in [5.74, 6) is -0.0182. The van der Waals surface area contributed by atoms with Crippen molar-refractivity contribution in [1.29, 1.82) is 0 Å². The molecule has 1 aromatic heterocycles. The Morgan fingerprint density at radius 2 is 1.82 bits per heavy atom. The Morgan fingerprint density at radius 3 is 2.56 bits per heavy atom. The van der Waals surface area contributed by atoms with Gasteiger partial charge in [0, 0.05) is 11.0 Å². The lowest BCUT2D eigenvalue weighted by Gasteiger charge is -2.26. The number of ether oxygens (including phenoxy) is 1. The maximum Gasteiger partial charge on any atom is 0.291 e. The second-order valence-electron chi connectivity index (χ2n) is 8.30. The Morgan fingerprint density at radius 1 is 1.06 bits per heavy atom. The van der Waals surface area contributed by atoms with Gasteiger partial charge in [-0.15, -0.1) is 0 Å². The van der Waals surface area contributed by atoms with Crippen molar-refractivity contribution in [2.45, 2.75) is 26.4 Å². The van der Waals surface area contributed by atoms with Crippen LogP contribution in [-0.2, 0) is 6.54 Å². The first kappa shape index (κ1) is 22.2. The molecule has 1 atom stereocenters. The molecule has 0 saturated heterocycles. The fourth-order valence-corrected chi connectivity index (χ4v) is 4.73. The van der Waals surface area contributed by atoms with E-state index in [1.165, 1.54) is 6.07 Å². The summed E-state index contributed by atoms with van der Waals surface area (Å²) in [6.07, 6.45) is 0. The van der Waals surface area contributed by atoms with Gasteiger partial charge in [0.2, 0.25) is 5.76 Å². The third-order valence-electron chi connectivity index (χ3n) is 6.00. The van der Waals surface area contributed by atoms with E-state index in [2.05, 4.69) is 15.9 Å². The van der Waals surface area contributed by atoms with Crippen molar-refractivity contribution in [1.82, 2.24) is 4.90 Å². The van der Waals surface area contributed by atoms with Gasteiger partial charge in [0.1, 0.15) is 5.58 Å². The maximum atomic E-state index is 13.7. The number of aryl methyl sites for hydroxylation is 1.